The Hall–Kier alpha value is -1.88. The Morgan fingerprint density at radius 2 is 1.82 bits per heavy atom. The maximum atomic E-state index is 11.5. The number of carbonyl (C=O) groups excluding carboxylic acids is 1. The van der Waals surface area contributed by atoms with Gasteiger partial charge in [0.05, 0.1) is 6.61 Å². The van der Waals surface area contributed by atoms with Crippen LogP contribution in [0.3, 0.4) is 0 Å². The fourth-order valence-corrected chi connectivity index (χ4v) is 1.36. The van der Waals surface area contributed by atoms with Crippen molar-refractivity contribution in [2.24, 2.45) is 0 Å². The van der Waals surface area contributed by atoms with Crippen molar-refractivity contribution in [3.05, 3.63) is 35.4 Å². The highest BCUT2D eigenvalue weighted by molar-refractivity contribution is 6.03. The monoisotopic (exact) mass is 238 g/mol. The van der Waals surface area contributed by atoms with Crippen LogP contribution in [0.5, 0.6) is 0 Å². The molecule has 1 atom stereocenters. The smallest absolute Gasteiger partial charge is 0.354 e. The third-order valence-corrected chi connectivity index (χ3v) is 2.35. The van der Waals surface area contributed by atoms with Crippen molar-refractivity contribution in [2.45, 2.75) is 19.4 Å². The van der Waals surface area contributed by atoms with E-state index >= 15 is 0 Å². The number of hydrogen-bond acceptors (Lipinski definition) is 4. The van der Waals surface area contributed by atoms with E-state index in [0.717, 1.165) is 5.56 Å². The van der Waals surface area contributed by atoms with E-state index in [4.69, 9.17) is 5.11 Å². The van der Waals surface area contributed by atoms with E-state index in [0.29, 0.717) is 0 Å². The Balaban J connectivity index is 3.20. The molecule has 1 aromatic rings. The average molecular weight is 238 g/mol. The predicted octanol–water partition coefficient (Wildman–Crippen LogP) is 0.830. The van der Waals surface area contributed by atoms with Crippen LogP contribution in [0.25, 0.3) is 0 Å². The number of hydrogen-bond donors (Lipinski definition) is 2. The maximum Gasteiger partial charge on any atom is 0.354 e. The SMILES string of the molecule is CCOC(=O)C(O)(C(=O)O)c1ccc(C)cc1. The maximum absolute atomic E-state index is 11.5. The van der Waals surface area contributed by atoms with Gasteiger partial charge in [-0.15, -0.1) is 0 Å². The van der Waals surface area contributed by atoms with E-state index in [9.17, 15) is 14.7 Å². The van der Waals surface area contributed by atoms with Crippen molar-refractivity contribution in [3.63, 3.8) is 0 Å². The highest BCUT2D eigenvalue weighted by atomic mass is 16.6. The van der Waals surface area contributed by atoms with Gasteiger partial charge in [0.2, 0.25) is 0 Å². The van der Waals surface area contributed by atoms with E-state index in [2.05, 4.69) is 4.74 Å². The molecule has 1 unspecified atom stereocenters. The molecule has 0 spiro atoms. The number of carboxylic acids is 1. The first-order chi connectivity index (χ1) is 7.92. The topological polar surface area (TPSA) is 83.8 Å². The van der Waals surface area contributed by atoms with Gasteiger partial charge in [-0.3, -0.25) is 0 Å². The minimum atomic E-state index is -2.65. The highest BCUT2D eigenvalue weighted by Gasteiger charge is 2.47. The molecule has 0 bridgehead atoms. The van der Waals surface area contributed by atoms with E-state index in [1.165, 1.54) is 19.1 Å². The lowest BCUT2D eigenvalue weighted by molar-refractivity contribution is -0.181. The molecule has 0 saturated heterocycles. The van der Waals surface area contributed by atoms with Gasteiger partial charge in [-0.1, -0.05) is 29.8 Å². The molecule has 17 heavy (non-hydrogen) atoms. The minimum absolute atomic E-state index is 0.000282. The first-order valence-electron chi connectivity index (χ1n) is 5.13. The predicted molar refractivity (Wildman–Crippen MR) is 59.3 cm³/mol. The van der Waals surface area contributed by atoms with Crippen molar-refractivity contribution >= 4 is 11.9 Å². The Kier molecular flexibility index (Phi) is 3.85. The van der Waals surface area contributed by atoms with Crippen molar-refractivity contribution in [1.82, 2.24) is 0 Å². The summed E-state index contributed by atoms with van der Waals surface area (Å²) in [6.45, 7) is 3.35. The van der Waals surface area contributed by atoms with Gasteiger partial charge in [0, 0.05) is 5.56 Å². The van der Waals surface area contributed by atoms with Gasteiger partial charge >= 0.3 is 11.9 Å². The van der Waals surface area contributed by atoms with Gasteiger partial charge in [-0.25, -0.2) is 9.59 Å². The molecule has 0 heterocycles. The quantitative estimate of drug-likeness (QED) is 0.599. The summed E-state index contributed by atoms with van der Waals surface area (Å²) in [6, 6.07) is 6.01. The second-order valence-electron chi connectivity index (χ2n) is 3.60. The van der Waals surface area contributed by atoms with Gasteiger partial charge < -0.3 is 14.9 Å². The van der Waals surface area contributed by atoms with E-state index in [-0.39, 0.29) is 12.2 Å². The van der Waals surface area contributed by atoms with Crippen LogP contribution in [-0.4, -0.2) is 28.8 Å². The Morgan fingerprint density at radius 1 is 1.29 bits per heavy atom. The normalized spacial score (nSPS) is 13.8. The van der Waals surface area contributed by atoms with Crippen LogP contribution in [0, 0.1) is 6.92 Å². The van der Waals surface area contributed by atoms with Gasteiger partial charge in [0.1, 0.15) is 0 Å². The van der Waals surface area contributed by atoms with Crippen LogP contribution in [0.4, 0.5) is 0 Å². The van der Waals surface area contributed by atoms with Gasteiger partial charge in [0.15, 0.2) is 0 Å². The largest absolute Gasteiger partial charge is 0.478 e. The van der Waals surface area contributed by atoms with Gasteiger partial charge in [-0.2, -0.15) is 0 Å². The zero-order valence-corrected chi connectivity index (χ0v) is 9.64. The molecule has 92 valence electrons. The molecule has 0 radical (unpaired) electrons. The fourth-order valence-electron chi connectivity index (χ4n) is 1.36. The number of ether oxygens (including phenoxy) is 1. The number of rotatable bonds is 4. The lowest BCUT2D eigenvalue weighted by atomic mass is 9.93. The molecule has 0 fully saturated rings. The molecule has 0 aromatic heterocycles. The number of carboxylic acid groups (broad SMARTS) is 1. The summed E-state index contributed by atoms with van der Waals surface area (Å²) >= 11 is 0. The van der Waals surface area contributed by atoms with Gasteiger partial charge in [-0.05, 0) is 13.8 Å². The number of benzene rings is 1. The second-order valence-corrected chi connectivity index (χ2v) is 3.60. The van der Waals surface area contributed by atoms with Crippen LogP contribution in [-0.2, 0) is 19.9 Å². The summed E-state index contributed by atoms with van der Waals surface area (Å²) in [4.78, 5) is 22.6. The molecule has 0 aliphatic heterocycles. The van der Waals surface area contributed by atoms with Crippen molar-refractivity contribution in [1.29, 1.82) is 0 Å². The summed E-state index contributed by atoms with van der Waals surface area (Å²) in [5, 5.41) is 19.0. The molecular formula is C12H14O5. The fraction of sp³-hybridized carbons (Fsp3) is 0.333. The molecular weight excluding hydrogens is 224 g/mol. The number of esters is 1. The number of carbonyl (C=O) groups is 2. The summed E-state index contributed by atoms with van der Waals surface area (Å²) < 4.78 is 4.58. The molecule has 1 aromatic carbocycles. The molecule has 1 rings (SSSR count). The Bertz CT molecular complexity index is 423. The molecule has 0 aliphatic rings. The minimum Gasteiger partial charge on any atom is -0.478 e. The highest BCUT2D eigenvalue weighted by Crippen LogP contribution is 2.23. The Labute approximate surface area is 98.6 Å². The van der Waals surface area contributed by atoms with Crippen LogP contribution in [0.1, 0.15) is 18.1 Å². The van der Waals surface area contributed by atoms with Crippen molar-refractivity contribution in [2.75, 3.05) is 6.61 Å². The zero-order valence-electron chi connectivity index (χ0n) is 9.64. The van der Waals surface area contributed by atoms with Crippen LogP contribution >= 0.6 is 0 Å². The van der Waals surface area contributed by atoms with Crippen LogP contribution < -0.4 is 0 Å². The van der Waals surface area contributed by atoms with Crippen molar-refractivity contribution < 1.29 is 24.5 Å². The standard InChI is InChI=1S/C12H14O5/c1-3-17-11(15)12(16,10(13)14)9-6-4-8(2)5-7-9/h4-7,16H,3H2,1-2H3,(H,13,14). The summed E-state index contributed by atoms with van der Waals surface area (Å²) in [5.74, 6) is -2.84. The summed E-state index contributed by atoms with van der Waals surface area (Å²) in [7, 11) is 0. The average Bonchev–Trinajstić information content (AvgIpc) is 2.29. The number of aryl methyl sites for hydroxylation is 1. The number of aliphatic hydroxyl groups is 1. The lowest BCUT2D eigenvalue weighted by Gasteiger charge is -2.21. The first kappa shape index (κ1) is 13.2. The summed E-state index contributed by atoms with van der Waals surface area (Å²) in [6.07, 6.45) is 0. The van der Waals surface area contributed by atoms with E-state index in [1.54, 1.807) is 12.1 Å². The molecule has 0 saturated carbocycles. The number of aliphatic carboxylic acids is 1. The van der Waals surface area contributed by atoms with Crippen LogP contribution in [0.15, 0.2) is 24.3 Å². The summed E-state index contributed by atoms with van der Waals surface area (Å²) in [5.41, 5.74) is -1.77. The molecule has 2 N–H and O–H groups in total. The second kappa shape index (κ2) is 4.97. The van der Waals surface area contributed by atoms with Crippen molar-refractivity contribution in [3.8, 4) is 0 Å². The lowest BCUT2D eigenvalue weighted by Crippen LogP contribution is -2.44. The Morgan fingerprint density at radius 3 is 2.24 bits per heavy atom. The van der Waals surface area contributed by atoms with E-state index in [1.807, 2.05) is 6.92 Å². The third-order valence-electron chi connectivity index (χ3n) is 2.35. The first-order valence-corrected chi connectivity index (χ1v) is 5.13. The van der Waals surface area contributed by atoms with E-state index < -0.39 is 17.5 Å². The molecule has 5 heteroatoms. The molecule has 0 aliphatic carbocycles. The molecule has 0 amide bonds. The molecule has 5 nitrogen and oxygen atoms in total. The zero-order chi connectivity index (χ0) is 13.1. The third kappa shape index (κ3) is 2.45. The van der Waals surface area contributed by atoms with Crippen LogP contribution in [0.2, 0.25) is 0 Å². The van der Waals surface area contributed by atoms with Gasteiger partial charge in [0.25, 0.3) is 5.60 Å².